The molecule has 94 valence electrons. The fourth-order valence-electron chi connectivity index (χ4n) is 2.31. The maximum absolute atomic E-state index is 12.0. The van der Waals surface area contributed by atoms with Gasteiger partial charge in [-0.05, 0) is 32.6 Å². The highest BCUT2D eigenvalue weighted by molar-refractivity contribution is 5.85. The Hall–Kier alpha value is -1.08. The largest absolute Gasteiger partial charge is 0.351 e. The number of nitrogens with zero attached hydrogens (tertiary/aromatic N) is 2. The molecule has 2 unspecified atom stereocenters. The third-order valence-electron chi connectivity index (χ3n) is 4.07. The van der Waals surface area contributed by atoms with Gasteiger partial charge in [-0.1, -0.05) is 6.92 Å². The lowest BCUT2D eigenvalue weighted by Crippen LogP contribution is -2.44. The summed E-state index contributed by atoms with van der Waals surface area (Å²) in [5.74, 6) is -0.106. The fourth-order valence-corrected chi connectivity index (χ4v) is 2.31. The molecule has 2 aliphatic rings. The van der Waals surface area contributed by atoms with Gasteiger partial charge < -0.3 is 5.32 Å². The summed E-state index contributed by atoms with van der Waals surface area (Å²) >= 11 is 0. The fraction of sp³-hybridized carbons (Fsp3) is 0.846. The smallest absolute Gasteiger partial charge is 0.240 e. The number of nitriles is 1. The molecule has 0 radical (unpaired) electrons. The minimum atomic E-state index is -0.868. The van der Waals surface area contributed by atoms with Crippen LogP contribution in [0.4, 0.5) is 0 Å². The molecule has 1 saturated carbocycles. The van der Waals surface area contributed by atoms with Crippen molar-refractivity contribution < 1.29 is 4.79 Å². The van der Waals surface area contributed by atoms with Gasteiger partial charge in [0, 0.05) is 25.2 Å². The normalized spacial score (nSPS) is 28.4. The zero-order valence-electron chi connectivity index (χ0n) is 10.7. The first-order chi connectivity index (χ1) is 8.09. The van der Waals surface area contributed by atoms with Crippen LogP contribution < -0.4 is 5.32 Å². The molecule has 4 nitrogen and oxygen atoms in total. The number of likely N-dealkylation sites (tertiary alicyclic amines) is 1. The van der Waals surface area contributed by atoms with Gasteiger partial charge >= 0.3 is 0 Å². The van der Waals surface area contributed by atoms with E-state index >= 15 is 0 Å². The average Bonchev–Trinajstić information content (AvgIpc) is 3.09. The number of carbonyl (C=O) groups excluding carboxylic acids is 1. The van der Waals surface area contributed by atoms with Gasteiger partial charge in [0.1, 0.15) is 5.41 Å². The van der Waals surface area contributed by atoms with Crippen LogP contribution in [0.5, 0.6) is 0 Å². The summed E-state index contributed by atoms with van der Waals surface area (Å²) in [6.45, 7) is 5.65. The van der Waals surface area contributed by atoms with E-state index in [1.165, 1.54) is 12.8 Å². The number of amides is 1. The van der Waals surface area contributed by atoms with Crippen molar-refractivity contribution in [2.24, 2.45) is 5.41 Å². The maximum Gasteiger partial charge on any atom is 0.240 e. The standard InChI is InChI=1S/C13H21N3O/c1-3-13(2,9-14)12(17)15-10-6-7-16(8-10)11-4-5-11/h10-11H,3-8H2,1-2H3,(H,15,17). The van der Waals surface area contributed by atoms with Gasteiger partial charge in [-0.2, -0.15) is 5.26 Å². The predicted molar refractivity (Wildman–Crippen MR) is 65.2 cm³/mol. The van der Waals surface area contributed by atoms with Crippen LogP contribution in [0.1, 0.15) is 39.5 Å². The van der Waals surface area contributed by atoms with E-state index in [4.69, 9.17) is 5.26 Å². The van der Waals surface area contributed by atoms with Gasteiger partial charge in [-0.15, -0.1) is 0 Å². The van der Waals surface area contributed by atoms with Crippen molar-refractivity contribution in [3.05, 3.63) is 0 Å². The Morgan fingerprint density at radius 2 is 2.24 bits per heavy atom. The van der Waals surface area contributed by atoms with Crippen LogP contribution in [-0.4, -0.2) is 36.0 Å². The molecule has 2 fully saturated rings. The van der Waals surface area contributed by atoms with Gasteiger partial charge in [0.2, 0.25) is 5.91 Å². The lowest BCUT2D eigenvalue weighted by molar-refractivity contribution is -0.128. The van der Waals surface area contributed by atoms with Gasteiger partial charge in [-0.25, -0.2) is 0 Å². The van der Waals surface area contributed by atoms with Crippen molar-refractivity contribution in [2.45, 2.75) is 51.6 Å². The number of hydrogen-bond acceptors (Lipinski definition) is 3. The first-order valence-corrected chi connectivity index (χ1v) is 6.55. The van der Waals surface area contributed by atoms with Crippen molar-refractivity contribution in [3.63, 3.8) is 0 Å². The highest BCUT2D eigenvalue weighted by atomic mass is 16.2. The van der Waals surface area contributed by atoms with Crippen molar-refractivity contribution in [1.29, 1.82) is 5.26 Å². The zero-order chi connectivity index (χ0) is 12.5. The quantitative estimate of drug-likeness (QED) is 0.798. The first kappa shape index (κ1) is 12.4. The van der Waals surface area contributed by atoms with E-state index in [-0.39, 0.29) is 11.9 Å². The molecule has 4 heteroatoms. The van der Waals surface area contributed by atoms with Crippen molar-refractivity contribution >= 4 is 5.91 Å². The van der Waals surface area contributed by atoms with Crippen LogP contribution in [-0.2, 0) is 4.79 Å². The summed E-state index contributed by atoms with van der Waals surface area (Å²) in [6.07, 6.45) is 4.21. The number of carbonyl (C=O) groups is 1. The summed E-state index contributed by atoms with van der Waals surface area (Å²) in [7, 11) is 0. The van der Waals surface area contributed by atoms with Crippen LogP contribution in [0.2, 0.25) is 0 Å². The molecule has 2 rings (SSSR count). The minimum absolute atomic E-state index is 0.106. The molecule has 0 spiro atoms. The van der Waals surface area contributed by atoms with E-state index in [1.54, 1.807) is 6.92 Å². The molecule has 0 aromatic heterocycles. The van der Waals surface area contributed by atoms with Gasteiger partial charge in [0.05, 0.1) is 6.07 Å². The second-order valence-electron chi connectivity index (χ2n) is 5.48. The molecule has 2 atom stereocenters. The lowest BCUT2D eigenvalue weighted by Gasteiger charge is -2.22. The Balaban J connectivity index is 1.85. The molecule has 1 aliphatic heterocycles. The average molecular weight is 235 g/mol. The van der Waals surface area contributed by atoms with Gasteiger partial charge in [-0.3, -0.25) is 9.69 Å². The number of rotatable bonds is 4. The number of nitrogens with one attached hydrogen (secondary N) is 1. The molecule has 1 amide bonds. The molecule has 1 saturated heterocycles. The Kier molecular flexibility index (Phi) is 3.39. The van der Waals surface area contributed by atoms with Crippen molar-refractivity contribution in [2.75, 3.05) is 13.1 Å². The van der Waals surface area contributed by atoms with Crippen LogP contribution in [0, 0.1) is 16.7 Å². The second kappa shape index (κ2) is 4.66. The van der Waals surface area contributed by atoms with E-state index in [2.05, 4.69) is 16.3 Å². The Labute approximate surface area is 103 Å². The van der Waals surface area contributed by atoms with E-state index < -0.39 is 5.41 Å². The van der Waals surface area contributed by atoms with Crippen LogP contribution in [0.25, 0.3) is 0 Å². The van der Waals surface area contributed by atoms with Gasteiger partial charge in [0.15, 0.2) is 0 Å². The molecule has 17 heavy (non-hydrogen) atoms. The molecular weight excluding hydrogens is 214 g/mol. The predicted octanol–water partition coefficient (Wildman–Crippen LogP) is 1.28. The molecular formula is C13H21N3O. The van der Waals surface area contributed by atoms with Gasteiger partial charge in [0.25, 0.3) is 0 Å². The minimum Gasteiger partial charge on any atom is -0.351 e. The Morgan fingerprint density at radius 3 is 2.76 bits per heavy atom. The third-order valence-corrected chi connectivity index (χ3v) is 4.07. The highest BCUT2D eigenvalue weighted by Crippen LogP contribution is 2.30. The summed E-state index contributed by atoms with van der Waals surface area (Å²) in [6, 6.07) is 3.13. The molecule has 0 aromatic carbocycles. The number of hydrogen-bond donors (Lipinski definition) is 1. The van der Waals surface area contributed by atoms with Crippen LogP contribution in [0.3, 0.4) is 0 Å². The van der Waals surface area contributed by atoms with E-state index in [0.29, 0.717) is 6.42 Å². The summed E-state index contributed by atoms with van der Waals surface area (Å²) < 4.78 is 0. The van der Waals surface area contributed by atoms with Crippen molar-refractivity contribution in [1.82, 2.24) is 10.2 Å². The summed E-state index contributed by atoms with van der Waals surface area (Å²) in [5, 5.41) is 12.1. The van der Waals surface area contributed by atoms with E-state index in [1.807, 2.05) is 6.92 Å². The zero-order valence-corrected chi connectivity index (χ0v) is 10.7. The molecule has 0 aromatic rings. The monoisotopic (exact) mass is 235 g/mol. The third kappa shape index (κ3) is 2.61. The molecule has 1 N–H and O–H groups in total. The lowest BCUT2D eigenvalue weighted by atomic mass is 9.88. The van der Waals surface area contributed by atoms with Crippen LogP contribution in [0.15, 0.2) is 0 Å². The highest BCUT2D eigenvalue weighted by Gasteiger charge is 2.37. The summed E-state index contributed by atoms with van der Waals surface area (Å²) in [5.41, 5.74) is -0.868. The Bertz CT molecular complexity index is 345. The van der Waals surface area contributed by atoms with Crippen molar-refractivity contribution in [3.8, 4) is 6.07 Å². The summed E-state index contributed by atoms with van der Waals surface area (Å²) in [4.78, 5) is 14.5. The molecule has 1 heterocycles. The van der Waals surface area contributed by atoms with Crippen LogP contribution >= 0.6 is 0 Å². The SMILES string of the molecule is CCC(C)(C#N)C(=O)NC1CCN(C2CC2)C1. The molecule has 0 bridgehead atoms. The topological polar surface area (TPSA) is 56.1 Å². The van der Waals surface area contributed by atoms with E-state index in [0.717, 1.165) is 25.6 Å². The van der Waals surface area contributed by atoms with E-state index in [9.17, 15) is 4.79 Å². The maximum atomic E-state index is 12.0. The second-order valence-corrected chi connectivity index (χ2v) is 5.48. The first-order valence-electron chi connectivity index (χ1n) is 6.55. The molecule has 1 aliphatic carbocycles. The Morgan fingerprint density at radius 1 is 1.53 bits per heavy atom.